The lowest BCUT2D eigenvalue weighted by atomic mass is 9.95. The van der Waals surface area contributed by atoms with Crippen LogP contribution in [0.2, 0.25) is 0 Å². The predicted molar refractivity (Wildman–Crippen MR) is 150 cm³/mol. The molecule has 1 N–H and O–H groups in total. The van der Waals surface area contributed by atoms with Gasteiger partial charge >= 0.3 is 5.97 Å². The Labute approximate surface area is 228 Å². The fourth-order valence-corrected chi connectivity index (χ4v) is 4.79. The number of unbranched alkanes of at least 4 members (excludes halogenated alkanes) is 2. The van der Waals surface area contributed by atoms with E-state index in [0.29, 0.717) is 34.9 Å². The van der Waals surface area contributed by atoms with E-state index in [9.17, 15) is 19.5 Å². The van der Waals surface area contributed by atoms with Crippen molar-refractivity contribution in [3.8, 4) is 11.5 Å². The molecule has 3 aromatic rings. The Morgan fingerprint density at radius 2 is 1.51 bits per heavy atom. The number of aliphatic hydroxyl groups excluding tert-OH is 1. The van der Waals surface area contributed by atoms with Crippen LogP contribution in [-0.4, -0.2) is 29.4 Å². The highest BCUT2D eigenvalue weighted by atomic mass is 16.5. The SMILES string of the molecule is CCCCCOc1ccc(/C(O)=C2\C(=O)C(=O)N(c3cc(C)cc(C)c3)C2c2ccc(OC(C)=O)cc2)cc1. The van der Waals surface area contributed by atoms with Gasteiger partial charge in [0, 0.05) is 18.2 Å². The summed E-state index contributed by atoms with van der Waals surface area (Å²) in [5.41, 5.74) is 3.39. The van der Waals surface area contributed by atoms with Gasteiger partial charge < -0.3 is 14.6 Å². The van der Waals surface area contributed by atoms with Crippen LogP contribution >= 0.6 is 0 Å². The van der Waals surface area contributed by atoms with Gasteiger partial charge in [-0.05, 0) is 85.5 Å². The number of amides is 1. The fraction of sp³-hybridized carbons (Fsp3) is 0.281. The number of hydrogen-bond acceptors (Lipinski definition) is 6. The van der Waals surface area contributed by atoms with E-state index >= 15 is 0 Å². The molecule has 1 amide bonds. The first-order chi connectivity index (χ1) is 18.7. The molecule has 1 heterocycles. The van der Waals surface area contributed by atoms with Crippen LogP contribution in [0.1, 0.15) is 61.4 Å². The Balaban J connectivity index is 1.78. The van der Waals surface area contributed by atoms with Gasteiger partial charge in [0.2, 0.25) is 0 Å². The molecule has 1 fully saturated rings. The first-order valence-electron chi connectivity index (χ1n) is 13.1. The molecule has 1 saturated heterocycles. The van der Waals surface area contributed by atoms with Gasteiger partial charge in [0.25, 0.3) is 11.7 Å². The molecule has 0 spiro atoms. The summed E-state index contributed by atoms with van der Waals surface area (Å²) in [6.07, 6.45) is 3.14. The highest BCUT2D eigenvalue weighted by Crippen LogP contribution is 2.43. The van der Waals surface area contributed by atoms with Gasteiger partial charge in [-0.1, -0.05) is 38.0 Å². The molecular formula is C32H33NO6. The van der Waals surface area contributed by atoms with Crippen LogP contribution in [0.5, 0.6) is 11.5 Å². The van der Waals surface area contributed by atoms with Gasteiger partial charge in [0.15, 0.2) is 0 Å². The summed E-state index contributed by atoms with van der Waals surface area (Å²) in [7, 11) is 0. The zero-order valence-corrected chi connectivity index (χ0v) is 22.7. The van der Waals surface area contributed by atoms with E-state index < -0.39 is 23.7 Å². The van der Waals surface area contributed by atoms with E-state index in [1.54, 1.807) is 48.5 Å². The van der Waals surface area contributed by atoms with Crippen LogP contribution in [0.3, 0.4) is 0 Å². The highest BCUT2D eigenvalue weighted by Gasteiger charge is 2.47. The molecule has 3 aromatic carbocycles. The summed E-state index contributed by atoms with van der Waals surface area (Å²) < 4.78 is 10.9. The minimum absolute atomic E-state index is 0.0176. The molecule has 1 unspecified atom stereocenters. The summed E-state index contributed by atoms with van der Waals surface area (Å²) in [6, 6.07) is 18.2. The quantitative estimate of drug-likeness (QED) is 0.0862. The zero-order chi connectivity index (χ0) is 28.1. The highest BCUT2D eigenvalue weighted by molar-refractivity contribution is 6.51. The topological polar surface area (TPSA) is 93.1 Å². The molecule has 0 bridgehead atoms. The molecule has 1 atom stereocenters. The standard InChI is InChI=1S/C32H33NO6/c1-5-6-7-16-38-26-12-10-24(11-13-26)30(35)28-29(23-8-14-27(15-9-23)39-22(4)34)33(32(37)31(28)36)25-18-20(2)17-21(3)19-25/h8-15,17-19,29,35H,5-7,16H2,1-4H3/b30-28+. The normalized spacial score (nSPS) is 16.4. The van der Waals surface area contributed by atoms with Crippen LogP contribution in [0.15, 0.2) is 72.3 Å². The van der Waals surface area contributed by atoms with Crippen LogP contribution in [0.4, 0.5) is 5.69 Å². The minimum Gasteiger partial charge on any atom is -0.507 e. The number of benzene rings is 3. The molecule has 202 valence electrons. The Morgan fingerprint density at radius 1 is 0.897 bits per heavy atom. The Hall–Kier alpha value is -4.39. The first-order valence-corrected chi connectivity index (χ1v) is 13.1. The largest absolute Gasteiger partial charge is 0.507 e. The second kappa shape index (κ2) is 12.0. The van der Waals surface area contributed by atoms with E-state index in [-0.39, 0.29) is 11.3 Å². The van der Waals surface area contributed by atoms with Crippen LogP contribution in [-0.2, 0) is 14.4 Å². The summed E-state index contributed by atoms with van der Waals surface area (Å²) >= 11 is 0. The maximum absolute atomic E-state index is 13.4. The third-order valence-electron chi connectivity index (χ3n) is 6.53. The number of hydrogen-bond donors (Lipinski definition) is 1. The molecule has 4 rings (SSSR count). The number of aryl methyl sites for hydroxylation is 2. The van der Waals surface area contributed by atoms with Crippen molar-refractivity contribution in [1.29, 1.82) is 0 Å². The number of aliphatic hydroxyl groups is 1. The van der Waals surface area contributed by atoms with E-state index in [0.717, 1.165) is 30.4 Å². The number of rotatable bonds is 9. The number of carbonyl (C=O) groups excluding carboxylic acids is 3. The molecule has 0 aliphatic carbocycles. The predicted octanol–water partition coefficient (Wildman–Crippen LogP) is 6.42. The van der Waals surface area contributed by atoms with E-state index in [1.807, 2.05) is 32.0 Å². The van der Waals surface area contributed by atoms with Crippen molar-refractivity contribution >= 4 is 29.1 Å². The van der Waals surface area contributed by atoms with Crippen molar-refractivity contribution in [3.63, 3.8) is 0 Å². The van der Waals surface area contributed by atoms with Gasteiger partial charge in [-0.25, -0.2) is 0 Å². The summed E-state index contributed by atoms with van der Waals surface area (Å²) in [4.78, 5) is 39.7. The molecule has 0 aromatic heterocycles. The summed E-state index contributed by atoms with van der Waals surface area (Å²) in [5, 5.41) is 11.4. The maximum atomic E-state index is 13.4. The number of carbonyl (C=O) groups is 3. The smallest absolute Gasteiger partial charge is 0.308 e. The maximum Gasteiger partial charge on any atom is 0.308 e. The molecule has 1 aliphatic heterocycles. The zero-order valence-electron chi connectivity index (χ0n) is 22.7. The van der Waals surface area contributed by atoms with Crippen molar-refractivity contribution in [2.75, 3.05) is 11.5 Å². The summed E-state index contributed by atoms with van der Waals surface area (Å²) in [6.45, 7) is 7.88. The second-order valence-corrected chi connectivity index (χ2v) is 9.76. The van der Waals surface area contributed by atoms with E-state index in [4.69, 9.17) is 9.47 Å². The first kappa shape index (κ1) is 27.6. The average Bonchev–Trinajstić information content (AvgIpc) is 3.16. The van der Waals surface area contributed by atoms with Gasteiger partial charge in [-0.2, -0.15) is 0 Å². The number of nitrogens with zero attached hydrogens (tertiary/aromatic N) is 1. The molecule has 0 radical (unpaired) electrons. The molecule has 7 nitrogen and oxygen atoms in total. The Bertz CT molecular complexity index is 1390. The van der Waals surface area contributed by atoms with Crippen molar-refractivity contribution < 1.29 is 29.0 Å². The molecule has 7 heteroatoms. The molecule has 1 aliphatic rings. The lowest BCUT2D eigenvalue weighted by Crippen LogP contribution is -2.29. The molecule has 39 heavy (non-hydrogen) atoms. The third kappa shape index (κ3) is 6.20. The van der Waals surface area contributed by atoms with Gasteiger partial charge in [0.05, 0.1) is 18.2 Å². The molecular weight excluding hydrogens is 494 g/mol. The fourth-order valence-electron chi connectivity index (χ4n) is 4.79. The van der Waals surface area contributed by atoms with Gasteiger partial charge in [-0.15, -0.1) is 0 Å². The lowest BCUT2D eigenvalue weighted by molar-refractivity contribution is -0.132. The monoisotopic (exact) mass is 527 g/mol. The van der Waals surface area contributed by atoms with Crippen molar-refractivity contribution in [3.05, 3.63) is 94.6 Å². The second-order valence-electron chi connectivity index (χ2n) is 9.76. The number of ether oxygens (including phenoxy) is 2. The number of Topliss-reactive ketones (excluding diaryl/α,β-unsaturated/α-hetero) is 1. The average molecular weight is 528 g/mol. The van der Waals surface area contributed by atoms with Crippen LogP contribution in [0.25, 0.3) is 5.76 Å². The van der Waals surface area contributed by atoms with Crippen LogP contribution in [0, 0.1) is 13.8 Å². The van der Waals surface area contributed by atoms with Crippen LogP contribution < -0.4 is 14.4 Å². The Kier molecular flexibility index (Phi) is 8.49. The number of anilines is 1. The van der Waals surface area contributed by atoms with Gasteiger partial charge in [0.1, 0.15) is 17.3 Å². The van der Waals surface area contributed by atoms with Crippen molar-refractivity contribution in [2.45, 2.75) is 53.0 Å². The minimum atomic E-state index is -0.887. The van der Waals surface area contributed by atoms with Crippen molar-refractivity contribution in [1.82, 2.24) is 0 Å². The number of esters is 1. The number of ketones is 1. The van der Waals surface area contributed by atoms with Crippen molar-refractivity contribution in [2.24, 2.45) is 0 Å². The Morgan fingerprint density at radius 3 is 2.10 bits per heavy atom. The lowest BCUT2D eigenvalue weighted by Gasteiger charge is -2.26. The third-order valence-corrected chi connectivity index (χ3v) is 6.53. The van der Waals surface area contributed by atoms with E-state index in [2.05, 4.69) is 6.92 Å². The van der Waals surface area contributed by atoms with Gasteiger partial charge in [-0.3, -0.25) is 19.3 Å². The summed E-state index contributed by atoms with van der Waals surface area (Å²) in [5.74, 6) is -1.24. The molecule has 0 saturated carbocycles. The van der Waals surface area contributed by atoms with E-state index in [1.165, 1.54) is 11.8 Å².